The van der Waals surface area contributed by atoms with Gasteiger partial charge >= 0.3 is 0 Å². The maximum atomic E-state index is 12.2. The molecule has 3 atom stereocenters. The van der Waals surface area contributed by atoms with E-state index in [1.165, 1.54) is 0 Å². The van der Waals surface area contributed by atoms with Crippen LogP contribution in [0.5, 0.6) is 0 Å². The molecule has 0 aromatic carbocycles. The molecule has 0 radical (unpaired) electrons. The molecular formula is C13H23N3O2. The molecule has 5 nitrogen and oxygen atoms in total. The van der Waals surface area contributed by atoms with Crippen LogP contribution in [0, 0.1) is 5.92 Å². The quantitative estimate of drug-likeness (QED) is 0.656. The maximum absolute atomic E-state index is 12.2. The first-order chi connectivity index (χ1) is 8.66. The summed E-state index contributed by atoms with van der Waals surface area (Å²) in [6.07, 6.45) is 4.48. The maximum Gasteiger partial charge on any atom is 0.242 e. The zero-order chi connectivity index (χ0) is 13.0. The minimum Gasteiger partial charge on any atom is -0.354 e. The van der Waals surface area contributed by atoms with Crippen molar-refractivity contribution >= 4 is 11.8 Å². The van der Waals surface area contributed by atoms with Crippen molar-refractivity contribution in [3.8, 4) is 0 Å². The van der Waals surface area contributed by atoms with Crippen LogP contribution in [-0.2, 0) is 9.59 Å². The van der Waals surface area contributed by atoms with Crippen molar-refractivity contribution in [1.29, 1.82) is 0 Å². The lowest BCUT2D eigenvalue weighted by atomic mass is 9.92. The largest absolute Gasteiger partial charge is 0.354 e. The molecular weight excluding hydrogens is 230 g/mol. The highest BCUT2D eigenvalue weighted by atomic mass is 16.2. The van der Waals surface area contributed by atoms with Crippen LogP contribution in [0.2, 0.25) is 0 Å². The fraction of sp³-hybridized carbons (Fsp3) is 0.846. The lowest BCUT2D eigenvalue weighted by molar-refractivity contribution is -0.131. The SMILES string of the molecule is CC1CC(C(=O)NC2CCCCNC2=O)CCN1. The second-order valence-electron chi connectivity index (χ2n) is 5.42. The first-order valence-corrected chi connectivity index (χ1v) is 6.98. The molecule has 0 aromatic rings. The summed E-state index contributed by atoms with van der Waals surface area (Å²) >= 11 is 0. The Bertz CT molecular complexity index is 319. The summed E-state index contributed by atoms with van der Waals surface area (Å²) < 4.78 is 0. The van der Waals surface area contributed by atoms with Gasteiger partial charge in [-0.15, -0.1) is 0 Å². The van der Waals surface area contributed by atoms with Crippen molar-refractivity contribution in [2.75, 3.05) is 13.1 Å². The normalized spacial score (nSPS) is 33.4. The number of piperidine rings is 1. The molecule has 0 aromatic heterocycles. The molecule has 3 N–H and O–H groups in total. The average molecular weight is 253 g/mol. The van der Waals surface area contributed by atoms with E-state index in [0.29, 0.717) is 6.04 Å². The van der Waals surface area contributed by atoms with E-state index < -0.39 is 0 Å². The van der Waals surface area contributed by atoms with Crippen LogP contribution < -0.4 is 16.0 Å². The van der Waals surface area contributed by atoms with Crippen molar-refractivity contribution in [1.82, 2.24) is 16.0 Å². The summed E-state index contributed by atoms with van der Waals surface area (Å²) in [4.78, 5) is 23.9. The van der Waals surface area contributed by atoms with Crippen molar-refractivity contribution in [2.45, 2.75) is 51.1 Å². The Morgan fingerprint density at radius 2 is 2.11 bits per heavy atom. The summed E-state index contributed by atoms with van der Waals surface area (Å²) in [5.74, 6) is 0.0746. The first-order valence-electron chi connectivity index (χ1n) is 6.98. The standard InChI is InChI=1S/C13H23N3O2/c1-9-8-10(5-7-14-9)12(17)16-11-4-2-3-6-15-13(11)18/h9-11,14H,2-8H2,1H3,(H,15,18)(H,16,17). The van der Waals surface area contributed by atoms with Crippen LogP contribution >= 0.6 is 0 Å². The highest BCUT2D eigenvalue weighted by Gasteiger charge is 2.28. The Morgan fingerprint density at radius 1 is 1.28 bits per heavy atom. The molecule has 2 aliphatic rings. The molecule has 2 heterocycles. The third kappa shape index (κ3) is 3.45. The molecule has 2 rings (SSSR count). The van der Waals surface area contributed by atoms with Crippen LogP contribution in [0.25, 0.3) is 0 Å². The number of hydrogen-bond acceptors (Lipinski definition) is 3. The molecule has 0 bridgehead atoms. The zero-order valence-electron chi connectivity index (χ0n) is 11.0. The molecule has 18 heavy (non-hydrogen) atoms. The molecule has 2 amide bonds. The predicted molar refractivity (Wildman–Crippen MR) is 69.0 cm³/mol. The van der Waals surface area contributed by atoms with Crippen LogP contribution in [0.1, 0.15) is 39.0 Å². The van der Waals surface area contributed by atoms with E-state index in [0.717, 1.165) is 45.2 Å². The van der Waals surface area contributed by atoms with Gasteiger partial charge in [0.05, 0.1) is 0 Å². The van der Waals surface area contributed by atoms with Crippen molar-refractivity contribution in [3.05, 3.63) is 0 Å². The van der Waals surface area contributed by atoms with Crippen molar-refractivity contribution in [2.24, 2.45) is 5.92 Å². The van der Waals surface area contributed by atoms with Crippen LogP contribution in [-0.4, -0.2) is 37.0 Å². The summed E-state index contributed by atoms with van der Waals surface area (Å²) in [7, 11) is 0. The topological polar surface area (TPSA) is 70.2 Å². The van der Waals surface area contributed by atoms with E-state index in [1.807, 2.05) is 0 Å². The lowest BCUT2D eigenvalue weighted by Gasteiger charge is -2.28. The van der Waals surface area contributed by atoms with E-state index in [9.17, 15) is 9.59 Å². The summed E-state index contributed by atoms with van der Waals surface area (Å²) in [6.45, 7) is 3.71. The number of carbonyl (C=O) groups is 2. The van der Waals surface area contributed by atoms with E-state index >= 15 is 0 Å². The average Bonchev–Trinajstić information content (AvgIpc) is 2.55. The van der Waals surface area contributed by atoms with Crippen LogP contribution in [0.4, 0.5) is 0 Å². The first kappa shape index (κ1) is 13.3. The van der Waals surface area contributed by atoms with E-state index in [1.54, 1.807) is 0 Å². The van der Waals surface area contributed by atoms with Gasteiger partial charge in [0.25, 0.3) is 0 Å². The third-order valence-electron chi connectivity index (χ3n) is 3.85. The second-order valence-corrected chi connectivity index (χ2v) is 5.42. The van der Waals surface area contributed by atoms with Gasteiger partial charge in [-0.25, -0.2) is 0 Å². The predicted octanol–water partition coefficient (Wildman–Crippen LogP) is 0.159. The Balaban J connectivity index is 1.87. The van der Waals surface area contributed by atoms with E-state index in [2.05, 4.69) is 22.9 Å². The second kappa shape index (κ2) is 6.18. The van der Waals surface area contributed by atoms with Gasteiger partial charge in [0, 0.05) is 18.5 Å². The molecule has 102 valence electrons. The molecule has 2 fully saturated rings. The van der Waals surface area contributed by atoms with Gasteiger partial charge in [-0.1, -0.05) is 0 Å². The monoisotopic (exact) mass is 253 g/mol. The van der Waals surface area contributed by atoms with Crippen LogP contribution in [0.3, 0.4) is 0 Å². The molecule has 3 unspecified atom stereocenters. The van der Waals surface area contributed by atoms with Gasteiger partial charge in [0.1, 0.15) is 6.04 Å². The molecule has 5 heteroatoms. The smallest absolute Gasteiger partial charge is 0.242 e. The molecule has 0 aliphatic carbocycles. The fourth-order valence-electron chi connectivity index (χ4n) is 2.74. The summed E-state index contributed by atoms with van der Waals surface area (Å²) in [5, 5.41) is 9.10. The van der Waals surface area contributed by atoms with Gasteiger partial charge in [0.15, 0.2) is 0 Å². The van der Waals surface area contributed by atoms with Gasteiger partial charge in [0.2, 0.25) is 11.8 Å². The fourth-order valence-corrected chi connectivity index (χ4v) is 2.74. The van der Waals surface area contributed by atoms with Gasteiger partial charge < -0.3 is 16.0 Å². The highest BCUT2D eigenvalue weighted by molar-refractivity contribution is 5.88. The Hall–Kier alpha value is -1.10. The zero-order valence-corrected chi connectivity index (χ0v) is 11.0. The Labute approximate surface area is 108 Å². The van der Waals surface area contributed by atoms with Crippen molar-refractivity contribution < 1.29 is 9.59 Å². The van der Waals surface area contributed by atoms with E-state index in [4.69, 9.17) is 0 Å². The lowest BCUT2D eigenvalue weighted by Crippen LogP contribution is -2.49. The van der Waals surface area contributed by atoms with Crippen LogP contribution in [0.15, 0.2) is 0 Å². The minimum absolute atomic E-state index is 0.0252. The number of nitrogens with one attached hydrogen (secondary N) is 3. The summed E-state index contributed by atoms with van der Waals surface area (Å²) in [6, 6.07) is 0.0580. The number of hydrogen-bond donors (Lipinski definition) is 3. The van der Waals surface area contributed by atoms with Gasteiger partial charge in [-0.3, -0.25) is 9.59 Å². The molecule has 2 saturated heterocycles. The Kier molecular flexibility index (Phi) is 4.58. The van der Waals surface area contributed by atoms with Gasteiger partial charge in [-0.05, 0) is 45.6 Å². The van der Waals surface area contributed by atoms with Gasteiger partial charge in [-0.2, -0.15) is 0 Å². The number of carbonyl (C=O) groups excluding carboxylic acids is 2. The third-order valence-corrected chi connectivity index (χ3v) is 3.85. The minimum atomic E-state index is -0.329. The highest BCUT2D eigenvalue weighted by Crippen LogP contribution is 2.17. The molecule has 2 aliphatic heterocycles. The van der Waals surface area contributed by atoms with Crippen molar-refractivity contribution in [3.63, 3.8) is 0 Å². The van der Waals surface area contributed by atoms with E-state index in [-0.39, 0.29) is 23.8 Å². The number of rotatable bonds is 2. The Morgan fingerprint density at radius 3 is 2.89 bits per heavy atom. The molecule has 0 spiro atoms. The number of amides is 2. The summed E-state index contributed by atoms with van der Waals surface area (Å²) in [5.41, 5.74) is 0. The molecule has 0 saturated carbocycles.